The Labute approximate surface area is 113 Å². The van der Waals surface area contributed by atoms with E-state index in [0.29, 0.717) is 5.75 Å². The molecule has 0 saturated heterocycles. The quantitative estimate of drug-likeness (QED) is 0.662. The van der Waals surface area contributed by atoms with Gasteiger partial charge in [-0.25, -0.2) is 4.79 Å². The highest BCUT2D eigenvalue weighted by Crippen LogP contribution is 2.23. The zero-order valence-corrected chi connectivity index (χ0v) is 10.2. The van der Waals surface area contributed by atoms with Gasteiger partial charge in [0.2, 0.25) is 0 Å². The van der Waals surface area contributed by atoms with E-state index in [2.05, 4.69) is 4.98 Å². The minimum atomic E-state index is -1.36. The summed E-state index contributed by atoms with van der Waals surface area (Å²) in [5.41, 5.74) is -0.582. The summed E-state index contributed by atoms with van der Waals surface area (Å²) in [6.07, 6.45) is 3.04. The van der Waals surface area contributed by atoms with Gasteiger partial charge in [0.25, 0.3) is 5.69 Å². The number of nitro benzene ring substituents is 1. The van der Waals surface area contributed by atoms with Gasteiger partial charge >= 0.3 is 5.97 Å². The lowest BCUT2D eigenvalue weighted by Gasteiger charge is -2.08. The van der Waals surface area contributed by atoms with Crippen molar-refractivity contribution in [1.82, 2.24) is 4.98 Å². The normalized spacial score (nSPS) is 10.0. The first-order chi connectivity index (χ1) is 9.59. The first-order valence-electron chi connectivity index (χ1n) is 5.62. The maximum absolute atomic E-state index is 11.2. The Bertz CT molecular complexity index is 642. The van der Waals surface area contributed by atoms with E-state index in [9.17, 15) is 14.9 Å². The number of carboxylic acids is 1. The largest absolute Gasteiger partial charge is 0.487 e. The number of carbonyl (C=O) groups is 1. The average Bonchev–Trinajstić information content (AvgIpc) is 2.45. The number of nitro groups is 1. The van der Waals surface area contributed by atoms with Crippen molar-refractivity contribution in [3.63, 3.8) is 0 Å². The number of benzene rings is 1. The van der Waals surface area contributed by atoms with Gasteiger partial charge < -0.3 is 9.84 Å². The fourth-order valence-electron chi connectivity index (χ4n) is 1.70. The van der Waals surface area contributed by atoms with Gasteiger partial charge in [-0.05, 0) is 12.1 Å². The second-order valence-corrected chi connectivity index (χ2v) is 3.85. The Hall–Kier alpha value is -2.96. The minimum absolute atomic E-state index is 0.0883. The third-order valence-corrected chi connectivity index (χ3v) is 2.57. The Morgan fingerprint density at radius 1 is 1.35 bits per heavy atom. The van der Waals surface area contributed by atoms with E-state index in [1.807, 2.05) is 0 Å². The van der Waals surface area contributed by atoms with Gasteiger partial charge in [-0.15, -0.1) is 0 Å². The molecule has 0 aliphatic carbocycles. The van der Waals surface area contributed by atoms with Crippen molar-refractivity contribution in [2.45, 2.75) is 6.61 Å². The number of rotatable bonds is 5. The average molecular weight is 274 g/mol. The molecule has 0 aliphatic heterocycles. The SMILES string of the molecule is O=C(O)c1c(COc2cccnc2)cccc1[N+](=O)[O-]. The standard InChI is InChI=1S/C13H10N2O5/c16-13(17)12-9(3-1-5-11(12)15(18)19)8-20-10-4-2-6-14-7-10/h1-7H,8H2,(H,16,17). The Balaban J connectivity index is 2.30. The van der Waals surface area contributed by atoms with Crippen molar-refractivity contribution in [2.24, 2.45) is 0 Å². The van der Waals surface area contributed by atoms with E-state index >= 15 is 0 Å². The molecule has 0 radical (unpaired) electrons. The predicted octanol–water partition coefficient (Wildman–Crippen LogP) is 2.27. The monoisotopic (exact) mass is 274 g/mol. The highest BCUT2D eigenvalue weighted by molar-refractivity contribution is 5.94. The maximum atomic E-state index is 11.2. The van der Waals surface area contributed by atoms with Gasteiger partial charge in [0.15, 0.2) is 0 Å². The van der Waals surface area contributed by atoms with Gasteiger partial charge in [-0.3, -0.25) is 15.1 Å². The lowest BCUT2D eigenvalue weighted by Crippen LogP contribution is -2.09. The van der Waals surface area contributed by atoms with E-state index < -0.39 is 16.6 Å². The van der Waals surface area contributed by atoms with E-state index in [1.165, 1.54) is 18.3 Å². The Kier molecular flexibility index (Phi) is 3.90. The van der Waals surface area contributed by atoms with Gasteiger partial charge in [-0.2, -0.15) is 0 Å². The summed E-state index contributed by atoms with van der Waals surface area (Å²) in [7, 11) is 0. The molecule has 7 nitrogen and oxygen atoms in total. The van der Waals surface area contributed by atoms with Crippen molar-refractivity contribution in [2.75, 3.05) is 0 Å². The number of nitrogens with zero attached hydrogens (tertiary/aromatic N) is 2. The van der Waals surface area contributed by atoms with Crippen LogP contribution in [0.15, 0.2) is 42.7 Å². The van der Waals surface area contributed by atoms with Crippen LogP contribution in [0.1, 0.15) is 15.9 Å². The van der Waals surface area contributed by atoms with Gasteiger partial charge in [0, 0.05) is 17.8 Å². The van der Waals surface area contributed by atoms with Crippen molar-refractivity contribution in [3.05, 3.63) is 64.0 Å². The number of hydrogen-bond acceptors (Lipinski definition) is 5. The molecule has 0 unspecified atom stereocenters. The smallest absolute Gasteiger partial charge is 0.343 e. The molecule has 20 heavy (non-hydrogen) atoms. The predicted molar refractivity (Wildman–Crippen MR) is 68.6 cm³/mol. The first kappa shape index (κ1) is 13.5. The van der Waals surface area contributed by atoms with Crippen LogP contribution in [0.5, 0.6) is 5.75 Å². The number of aromatic carboxylic acids is 1. The van der Waals surface area contributed by atoms with Crippen LogP contribution in [0.25, 0.3) is 0 Å². The van der Waals surface area contributed by atoms with Gasteiger partial charge in [0.05, 0.1) is 11.1 Å². The second-order valence-electron chi connectivity index (χ2n) is 3.85. The summed E-state index contributed by atoms with van der Waals surface area (Å²) < 4.78 is 5.37. The highest BCUT2D eigenvalue weighted by atomic mass is 16.6. The first-order valence-corrected chi connectivity index (χ1v) is 5.62. The fraction of sp³-hybridized carbons (Fsp3) is 0.0769. The molecule has 1 aromatic heterocycles. The summed E-state index contributed by atoms with van der Waals surface area (Å²) in [4.78, 5) is 25.2. The van der Waals surface area contributed by atoms with Crippen LogP contribution in [-0.4, -0.2) is 21.0 Å². The lowest BCUT2D eigenvalue weighted by atomic mass is 10.1. The molecule has 0 spiro atoms. The molecule has 0 aliphatic rings. The van der Waals surface area contributed by atoms with Crippen LogP contribution in [-0.2, 0) is 6.61 Å². The summed E-state index contributed by atoms with van der Waals surface area (Å²) in [6, 6.07) is 7.38. The van der Waals surface area contributed by atoms with Crippen LogP contribution in [0.2, 0.25) is 0 Å². The molecule has 2 aromatic rings. The molecule has 0 amide bonds. The van der Waals surface area contributed by atoms with Crippen LogP contribution in [0.3, 0.4) is 0 Å². The van der Waals surface area contributed by atoms with Gasteiger partial charge in [-0.1, -0.05) is 12.1 Å². The number of hydrogen-bond donors (Lipinski definition) is 1. The number of carboxylic acid groups (broad SMARTS) is 1. The molecule has 0 fully saturated rings. The molecular formula is C13H10N2O5. The number of aromatic nitrogens is 1. The molecule has 1 N–H and O–H groups in total. The van der Waals surface area contributed by atoms with Crippen molar-refractivity contribution >= 4 is 11.7 Å². The van der Waals surface area contributed by atoms with Crippen LogP contribution >= 0.6 is 0 Å². The van der Waals surface area contributed by atoms with Crippen LogP contribution < -0.4 is 4.74 Å². The molecule has 7 heteroatoms. The topological polar surface area (TPSA) is 103 Å². The highest BCUT2D eigenvalue weighted by Gasteiger charge is 2.23. The molecule has 0 atom stereocenters. The van der Waals surface area contributed by atoms with Crippen molar-refractivity contribution in [3.8, 4) is 5.75 Å². The zero-order valence-electron chi connectivity index (χ0n) is 10.2. The Morgan fingerprint density at radius 3 is 2.75 bits per heavy atom. The van der Waals surface area contributed by atoms with Crippen LogP contribution in [0.4, 0.5) is 5.69 Å². The van der Waals surface area contributed by atoms with E-state index in [4.69, 9.17) is 9.84 Å². The summed E-state index contributed by atoms with van der Waals surface area (Å²) in [5.74, 6) is -0.905. The van der Waals surface area contributed by atoms with E-state index in [-0.39, 0.29) is 17.7 Å². The number of ether oxygens (including phenoxy) is 1. The molecule has 102 valence electrons. The summed E-state index contributed by atoms with van der Waals surface area (Å²) in [6.45, 7) is -0.0883. The molecule has 2 rings (SSSR count). The molecule has 0 bridgehead atoms. The molecule has 1 heterocycles. The van der Waals surface area contributed by atoms with Crippen molar-refractivity contribution < 1.29 is 19.6 Å². The maximum Gasteiger partial charge on any atom is 0.343 e. The molecule has 0 saturated carbocycles. The Morgan fingerprint density at radius 2 is 2.15 bits per heavy atom. The third kappa shape index (κ3) is 2.89. The lowest BCUT2D eigenvalue weighted by molar-refractivity contribution is -0.385. The summed E-state index contributed by atoms with van der Waals surface area (Å²) in [5, 5.41) is 20.0. The van der Waals surface area contributed by atoms with Crippen LogP contribution in [0, 0.1) is 10.1 Å². The molecule has 1 aromatic carbocycles. The third-order valence-electron chi connectivity index (χ3n) is 2.57. The summed E-state index contributed by atoms with van der Waals surface area (Å²) >= 11 is 0. The van der Waals surface area contributed by atoms with E-state index in [1.54, 1.807) is 18.3 Å². The van der Waals surface area contributed by atoms with E-state index in [0.717, 1.165) is 6.07 Å². The van der Waals surface area contributed by atoms with Gasteiger partial charge in [0.1, 0.15) is 17.9 Å². The molecular weight excluding hydrogens is 264 g/mol. The van der Waals surface area contributed by atoms with Crippen molar-refractivity contribution in [1.29, 1.82) is 0 Å². The minimum Gasteiger partial charge on any atom is -0.487 e. The fourth-order valence-corrected chi connectivity index (χ4v) is 1.70. The zero-order chi connectivity index (χ0) is 14.5. The number of pyridine rings is 1. The second kappa shape index (κ2) is 5.79.